The minimum Gasteiger partial charge on any atom is -0.444 e. The number of imide groups is 1. The number of fused-ring (bicyclic) bond motifs is 1. The Kier molecular flexibility index (Phi) is 18.3. The van der Waals surface area contributed by atoms with E-state index in [1.165, 1.54) is 47.4 Å². The van der Waals surface area contributed by atoms with Gasteiger partial charge in [-0.1, -0.05) is 91.0 Å². The predicted molar refractivity (Wildman–Crippen MR) is 232 cm³/mol. The minimum absolute atomic E-state index is 0.0283. The number of Topliss-reactive ketones (excluding diaryl/α,β-unsaturated/α-hetero) is 1. The molecule has 0 saturated carbocycles. The molecule has 320 valence electrons. The van der Waals surface area contributed by atoms with E-state index in [9.17, 15) is 19.2 Å². The molecule has 4 aliphatic rings. The monoisotopic (exact) mass is 810 g/mol. The molecule has 3 aromatic carbocycles. The molecule has 4 heterocycles. The lowest BCUT2D eigenvalue weighted by Crippen LogP contribution is -2.43. The number of nitrogens with zero attached hydrogens (tertiary/aromatic N) is 3. The lowest BCUT2D eigenvalue weighted by molar-refractivity contribution is -0.132. The maximum atomic E-state index is 11.8. The number of ketones is 1. The van der Waals surface area contributed by atoms with Crippen molar-refractivity contribution in [2.45, 2.75) is 136 Å². The van der Waals surface area contributed by atoms with Gasteiger partial charge in [0.1, 0.15) is 11.2 Å². The number of piperidine rings is 2. The zero-order chi connectivity index (χ0) is 42.7. The number of hydrogen-bond acceptors (Lipinski definition) is 9. The largest absolute Gasteiger partial charge is 0.444 e. The topological polar surface area (TPSA) is 130 Å². The first-order valence-corrected chi connectivity index (χ1v) is 21.4. The number of alkyl carbamates (subject to hydrolysis) is 1. The number of likely N-dealkylation sites (tertiary alicyclic amines) is 1. The Morgan fingerprint density at radius 3 is 1.93 bits per heavy atom. The van der Waals surface area contributed by atoms with Crippen LogP contribution in [0.1, 0.15) is 140 Å². The normalized spacial score (nSPS) is 19.6. The highest BCUT2D eigenvalue weighted by atomic mass is 16.9. The highest BCUT2D eigenvalue weighted by Crippen LogP contribution is 2.51. The molecule has 3 fully saturated rings. The summed E-state index contributed by atoms with van der Waals surface area (Å²) in [6.45, 7) is 14.0. The van der Waals surface area contributed by atoms with E-state index in [-0.39, 0.29) is 17.4 Å². The van der Waals surface area contributed by atoms with Gasteiger partial charge in [0.05, 0.1) is 0 Å². The van der Waals surface area contributed by atoms with Gasteiger partial charge in [-0.2, -0.15) is 0 Å². The summed E-state index contributed by atoms with van der Waals surface area (Å²) in [4.78, 5) is 57.5. The zero-order valence-electron chi connectivity index (χ0n) is 36.2. The Hall–Kier alpha value is -4.87. The molecule has 59 heavy (non-hydrogen) atoms. The fraction of sp³-hybridized carbons (Fsp3) is 0.521. The van der Waals surface area contributed by atoms with E-state index in [2.05, 4.69) is 70.0 Å². The van der Waals surface area contributed by atoms with Crippen molar-refractivity contribution < 1.29 is 33.5 Å². The SMILES string of the molecule is CC(C)(C)OC(=O)N1CCCCC1=O.CC(C)(C)OC(=O)NCCCCC(=O)c1ccccc1.c1ccc(C23CCCCN2O3)cc1.c1ccc(C2=NCCCC2)cc1. The molecule has 0 aromatic heterocycles. The molecule has 1 N–H and O–H groups in total. The van der Waals surface area contributed by atoms with Crippen molar-refractivity contribution in [1.29, 1.82) is 0 Å². The van der Waals surface area contributed by atoms with E-state index in [0.29, 0.717) is 25.9 Å². The van der Waals surface area contributed by atoms with Crippen molar-refractivity contribution in [3.63, 3.8) is 0 Å². The molecule has 2 unspecified atom stereocenters. The van der Waals surface area contributed by atoms with Crippen molar-refractivity contribution in [3.05, 3.63) is 108 Å². The van der Waals surface area contributed by atoms with Crippen molar-refractivity contribution in [1.82, 2.24) is 15.3 Å². The molecular weight excluding hydrogens is 745 g/mol. The maximum Gasteiger partial charge on any atom is 0.417 e. The van der Waals surface area contributed by atoms with Crippen LogP contribution in [0.15, 0.2) is 96.0 Å². The third-order valence-electron chi connectivity index (χ3n) is 9.75. The average molecular weight is 811 g/mol. The van der Waals surface area contributed by atoms with Crippen LogP contribution in [0.4, 0.5) is 9.59 Å². The van der Waals surface area contributed by atoms with Crippen LogP contribution in [-0.4, -0.2) is 76.9 Å². The number of unbranched alkanes of at least 4 members (excludes halogenated alkanes) is 1. The predicted octanol–water partition coefficient (Wildman–Crippen LogP) is 10.4. The van der Waals surface area contributed by atoms with Crippen LogP contribution in [0.5, 0.6) is 0 Å². The lowest BCUT2D eigenvalue weighted by Gasteiger charge is -2.28. The van der Waals surface area contributed by atoms with Crippen LogP contribution in [0.2, 0.25) is 0 Å². The van der Waals surface area contributed by atoms with Crippen LogP contribution in [0, 0.1) is 0 Å². The fourth-order valence-corrected chi connectivity index (χ4v) is 6.78. The second-order valence-corrected chi connectivity index (χ2v) is 17.1. The number of benzene rings is 3. The van der Waals surface area contributed by atoms with E-state index in [1.807, 2.05) is 57.2 Å². The number of rotatable bonds is 8. The summed E-state index contributed by atoms with van der Waals surface area (Å²) < 4.78 is 10.2. The first kappa shape index (κ1) is 46.8. The Morgan fingerprint density at radius 1 is 0.729 bits per heavy atom. The van der Waals surface area contributed by atoms with E-state index in [0.717, 1.165) is 57.2 Å². The number of hydroxylamine groups is 2. The van der Waals surface area contributed by atoms with Crippen molar-refractivity contribution in [3.8, 4) is 0 Å². The molecule has 0 spiro atoms. The van der Waals surface area contributed by atoms with E-state index in [4.69, 9.17) is 14.3 Å². The number of aliphatic imine (C=N–C) groups is 1. The van der Waals surface area contributed by atoms with Gasteiger partial charge >= 0.3 is 12.2 Å². The Balaban J connectivity index is 0.000000177. The number of ether oxygens (including phenoxy) is 2. The van der Waals surface area contributed by atoms with Crippen LogP contribution in [0.3, 0.4) is 0 Å². The summed E-state index contributed by atoms with van der Waals surface area (Å²) in [5.74, 6) is 0.0216. The van der Waals surface area contributed by atoms with E-state index in [1.54, 1.807) is 20.8 Å². The number of carbonyl (C=O) groups excluding carboxylic acids is 4. The molecule has 11 nitrogen and oxygen atoms in total. The first-order chi connectivity index (χ1) is 28.2. The first-order valence-electron chi connectivity index (χ1n) is 21.4. The Bertz CT molecular complexity index is 1790. The zero-order valence-corrected chi connectivity index (χ0v) is 36.2. The van der Waals surface area contributed by atoms with Gasteiger partial charge in [-0.3, -0.25) is 19.4 Å². The van der Waals surface area contributed by atoms with Crippen LogP contribution in [0.25, 0.3) is 0 Å². The van der Waals surface area contributed by atoms with Crippen LogP contribution in [-0.2, 0) is 24.8 Å². The van der Waals surface area contributed by atoms with E-state index >= 15 is 0 Å². The molecule has 7 rings (SSSR count). The number of nitrogens with one attached hydrogen (secondary N) is 1. The van der Waals surface area contributed by atoms with Crippen LogP contribution >= 0.6 is 0 Å². The van der Waals surface area contributed by atoms with Gasteiger partial charge in [-0.25, -0.2) is 14.5 Å². The maximum absolute atomic E-state index is 11.8. The van der Waals surface area contributed by atoms with Crippen molar-refractivity contribution in [2.75, 3.05) is 26.2 Å². The summed E-state index contributed by atoms with van der Waals surface area (Å²) in [5, 5.41) is 4.80. The van der Waals surface area contributed by atoms with Crippen molar-refractivity contribution >= 4 is 29.6 Å². The standard InChI is InChI=1S/C16H23NO3.C11H13NO.C11H13N.C10H17NO3/c1-16(2,3)20-15(19)17-12-8-7-11-14(18)13-9-5-4-6-10-13;1-2-6-10(7-3-1)11-8-4-5-9-12(11)13-11;1-2-6-10(7-3-1)11-8-4-5-9-12-11;1-10(2,3)14-9(13)11-7-5-4-6-8(11)12/h4-6,9-10H,7-8,11-12H2,1-3H3,(H,17,19);1-3,6-7H,4-5,8-9H2;1-3,6-7H,4-5,8-9H2;4-7H2,1-3H3. The molecule has 4 aliphatic heterocycles. The van der Waals surface area contributed by atoms with Gasteiger partial charge in [-0.05, 0) is 111 Å². The summed E-state index contributed by atoms with van der Waals surface area (Å²) in [5.41, 5.74) is 3.61. The van der Waals surface area contributed by atoms with Gasteiger partial charge in [0.25, 0.3) is 0 Å². The summed E-state index contributed by atoms with van der Waals surface area (Å²) in [6.07, 6.45) is 10.7. The molecule has 11 heteroatoms. The highest BCUT2D eigenvalue weighted by molar-refractivity contribution is 6.00. The van der Waals surface area contributed by atoms with Gasteiger partial charge in [0.2, 0.25) is 5.91 Å². The molecule has 3 saturated heterocycles. The van der Waals surface area contributed by atoms with Gasteiger partial charge in [0.15, 0.2) is 11.5 Å². The minimum atomic E-state index is -0.533. The highest BCUT2D eigenvalue weighted by Gasteiger charge is 2.57. The molecular formula is C48H66N4O7. The molecule has 3 aromatic rings. The average Bonchev–Trinajstić information content (AvgIpc) is 3.98. The lowest BCUT2D eigenvalue weighted by atomic mass is 9.96. The van der Waals surface area contributed by atoms with Gasteiger partial charge in [-0.15, -0.1) is 5.06 Å². The Morgan fingerprint density at radius 2 is 1.34 bits per heavy atom. The second-order valence-electron chi connectivity index (χ2n) is 17.1. The third-order valence-corrected chi connectivity index (χ3v) is 9.75. The summed E-state index contributed by atoms with van der Waals surface area (Å²) >= 11 is 0. The third kappa shape index (κ3) is 16.7. The van der Waals surface area contributed by atoms with Gasteiger partial charge < -0.3 is 14.8 Å². The van der Waals surface area contributed by atoms with Gasteiger partial charge in [0, 0.05) is 55.9 Å². The second kappa shape index (κ2) is 23.1. The number of amides is 3. The number of carbonyl (C=O) groups is 4. The smallest absolute Gasteiger partial charge is 0.417 e. The summed E-state index contributed by atoms with van der Waals surface area (Å²) in [6, 6.07) is 30.3. The molecule has 2 atom stereocenters. The van der Waals surface area contributed by atoms with Crippen molar-refractivity contribution in [2.24, 2.45) is 4.99 Å². The Labute approximate surface area is 351 Å². The number of hydrogen-bond donors (Lipinski definition) is 1. The van der Waals surface area contributed by atoms with E-state index < -0.39 is 23.4 Å². The van der Waals surface area contributed by atoms with Crippen LogP contribution < -0.4 is 5.32 Å². The fourth-order valence-electron chi connectivity index (χ4n) is 6.78. The molecule has 3 amide bonds. The quantitative estimate of drug-likeness (QED) is 0.135. The summed E-state index contributed by atoms with van der Waals surface area (Å²) in [7, 11) is 0. The molecule has 0 bridgehead atoms. The molecule has 0 radical (unpaired) electrons. The molecule has 0 aliphatic carbocycles.